The molecule has 1 aromatic rings. The van der Waals surface area contributed by atoms with Crippen molar-refractivity contribution in [1.29, 1.82) is 0 Å². The van der Waals surface area contributed by atoms with Gasteiger partial charge in [-0.2, -0.15) is 0 Å². The molecule has 0 heterocycles. The number of nitrogens with one attached hydrogen (secondary N) is 2. The topological polar surface area (TPSA) is 101 Å². The average Bonchev–Trinajstić information content (AvgIpc) is 3.06. The van der Waals surface area contributed by atoms with Gasteiger partial charge in [0.05, 0.1) is 6.04 Å². The van der Waals surface area contributed by atoms with E-state index in [1.54, 1.807) is 0 Å². The Hall–Kier alpha value is -2.51. The van der Waals surface area contributed by atoms with E-state index in [0.29, 0.717) is 0 Å². The highest BCUT2D eigenvalue weighted by atomic mass is 19.1. The Balaban J connectivity index is 2.12. The lowest BCUT2D eigenvalue weighted by molar-refractivity contribution is -0.130. The zero-order valence-electron chi connectivity index (χ0n) is 14.6. The number of halogens is 2. The van der Waals surface area contributed by atoms with Crippen LogP contribution >= 0.6 is 0 Å². The van der Waals surface area contributed by atoms with Crippen LogP contribution in [0.2, 0.25) is 0 Å². The minimum Gasteiger partial charge on any atom is -0.351 e. The molecular formula is C18H23F2N3O3. The summed E-state index contributed by atoms with van der Waals surface area (Å²) in [6.45, 7) is 1.53. The number of primary amides is 1. The zero-order chi connectivity index (χ0) is 19.3. The van der Waals surface area contributed by atoms with Crippen LogP contribution in [0.15, 0.2) is 18.2 Å². The predicted octanol–water partition coefficient (Wildman–Crippen LogP) is 2.53. The van der Waals surface area contributed by atoms with Crippen LogP contribution in [0.1, 0.15) is 50.6 Å². The first kappa shape index (κ1) is 19.8. The lowest BCUT2D eigenvalue weighted by atomic mass is 9.90. The standard InChI is InChI=1S/C18H23F2N3O3/c1-10(8-15(24)22-18(21)26)17(25)23-16(11-4-2-3-5-11)13-7-6-12(19)9-14(13)20/h6-7,9-11,16H,2-5,8H2,1H3,(H,23,25)(H3,21,22,24,26)/t10-,16-/m0/s1. The summed E-state index contributed by atoms with van der Waals surface area (Å²) in [5.41, 5.74) is 5.11. The second-order valence-corrected chi connectivity index (χ2v) is 6.71. The number of amides is 4. The number of carbonyl (C=O) groups excluding carboxylic acids is 3. The van der Waals surface area contributed by atoms with Crippen LogP contribution in [0.4, 0.5) is 13.6 Å². The number of hydrogen-bond acceptors (Lipinski definition) is 3. The predicted molar refractivity (Wildman–Crippen MR) is 90.7 cm³/mol. The Morgan fingerprint density at radius 2 is 1.88 bits per heavy atom. The van der Waals surface area contributed by atoms with Crippen LogP contribution in [-0.4, -0.2) is 17.8 Å². The summed E-state index contributed by atoms with van der Waals surface area (Å²) in [7, 11) is 0. The second kappa shape index (κ2) is 8.73. The molecule has 1 aromatic carbocycles. The van der Waals surface area contributed by atoms with E-state index in [9.17, 15) is 23.2 Å². The van der Waals surface area contributed by atoms with Crippen molar-refractivity contribution < 1.29 is 23.2 Å². The van der Waals surface area contributed by atoms with Crippen molar-refractivity contribution >= 4 is 17.8 Å². The summed E-state index contributed by atoms with van der Waals surface area (Å²) in [6, 6.07) is 1.73. The molecule has 0 unspecified atom stereocenters. The normalized spacial score (nSPS) is 16.7. The number of urea groups is 1. The molecule has 0 aromatic heterocycles. The Bertz CT molecular complexity index is 690. The Labute approximate surface area is 150 Å². The second-order valence-electron chi connectivity index (χ2n) is 6.71. The van der Waals surface area contributed by atoms with Gasteiger partial charge in [0.1, 0.15) is 11.6 Å². The summed E-state index contributed by atoms with van der Waals surface area (Å²) in [4.78, 5) is 34.7. The molecule has 0 radical (unpaired) electrons. The molecule has 1 aliphatic rings. The third kappa shape index (κ3) is 5.24. The van der Waals surface area contributed by atoms with Gasteiger partial charge in [-0.05, 0) is 24.8 Å². The van der Waals surface area contributed by atoms with Gasteiger partial charge < -0.3 is 11.1 Å². The largest absolute Gasteiger partial charge is 0.351 e. The van der Waals surface area contributed by atoms with Crippen LogP contribution in [-0.2, 0) is 9.59 Å². The summed E-state index contributed by atoms with van der Waals surface area (Å²) >= 11 is 0. The first-order chi connectivity index (χ1) is 12.3. The van der Waals surface area contributed by atoms with Crippen LogP contribution in [0, 0.1) is 23.5 Å². The number of rotatable bonds is 6. The number of hydrogen-bond donors (Lipinski definition) is 3. The molecule has 4 N–H and O–H groups in total. The van der Waals surface area contributed by atoms with E-state index >= 15 is 0 Å². The molecule has 26 heavy (non-hydrogen) atoms. The molecule has 0 spiro atoms. The summed E-state index contributed by atoms with van der Waals surface area (Å²) in [5, 5.41) is 4.70. The third-order valence-electron chi connectivity index (χ3n) is 4.67. The third-order valence-corrected chi connectivity index (χ3v) is 4.67. The quantitative estimate of drug-likeness (QED) is 0.720. The van der Waals surface area contributed by atoms with E-state index in [0.717, 1.165) is 37.8 Å². The monoisotopic (exact) mass is 367 g/mol. The van der Waals surface area contributed by atoms with Gasteiger partial charge in [0.2, 0.25) is 11.8 Å². The van der Waals surface area contributed by atoms with Gasteiger partial charge in [0.25, 0.3) is 0 Å². The van der Waals surface area contributed by atoms with E-state index in [4.69, 9.17) is 5.73 Å². The van der Waals surface area contributed by atoms with Crippen molar-refractivity contribution in [2.75, 3.05) is 0 Å². The summed E-state index contributed by atoms with van der Waals surface area (Å²) in [5.74, 6) is -3.18. The Morgan fingerprint density at radius 1 is 1.23 bits per heavy atom. The fraction of sp³-hybridized carbons (Fsp3) is 0.500. The van der Waals surface area contributed by atoms with Gasteiger partial charge in [-0.15, -0.1) is 0 Å². The molecule has 142 valence electrons. The highest BCUT2D eigenvalue weighted by Crippen LogP contribution is 2.37. The van der Waals surface area contributed by atoms with E-state index in [-0.39, 0.29) is 17.9 Å². The Morgan fingerprint density at radius 3 is 2.46 bits per heavy atom. The van der Waals surface area contributed by atoms with Gasteiger partial charge in [-0.1, -0.05) is 25.8 Å². The van der Waals surface area contributed by atoms with Crippen molar-refractivity contribution in [2.45, 2.75) is 45.1 Å². The lowest BCUT2D eigenvalue weighted by Gasteiger charge is -2.27. The van der Waals surface area contributed by atoms with Gasteiger partial charge in [-0.3, -0.25) is 14.9 Å². The highest BCUT2D eigenvalue weighted by molar-refractivity contribution is 5.95. The van der Waals surface area contributed by atoms with Crippen molar-refractivity contribution in [3.8, 4) is 0 Å². The maximum absolute atomic E-state index is 14.3. The molecule has 6 nitrogen and oxygen atoms in total. The van der Waals surface area contributed by atoms with Crippen molar-refractivity contribution in [1.82, 2.24) is 10.6 Å². The first-order valence-electron chi connectivity index (χ1n) is 8.62. The smallest absolute Gasteiger partial charge is 0.318 e. The van der Waals surface area contributed by atoms with Crippen LogP contribution < -0.4 is 16.4 Å². The lowest BCUT2D eigenvalue weighted by Crippen LogP contribution is -2.40. The molecule has 0 saturated heterocycles. The zero-order valence-corrected chi connectivity index (χ0v) is 14.6. The molecule has 1 aliphatic carbocycles. The number of benzene rings is 1. The van der Waals surface area contributed by atoms with E-state index in [1.807, 2.05) is 5.32 Å². The average molecular weight is 367 g/mol. The van der Waals surface area contributed by atoms with Gasteiger partial charge in [0.15, 0.2) is 0 Å². The molecule has 0 aliphatic heterocycles. The van der Waals surface area contributed by atoms with Gasteiger partial charge in [0, 0.05) is 24.0 Å². The molecule has 1 fully saturated rings. The maximum Gasteiger partial charge on any atom is 0.318 e. The van der Waals surface area contributed by atoms with Crippen LogP contribution in [0.25, 0.3) is 0 Å². The minimum absolute atomic E-state index is 0.0468. The summed E-state index contributed by atoms with van der Waals surface area (Å²) < 4.78 is 27.5. The SMILES string of the molecule is C[C@@H](CC(=O)NC(N)=O)C(=O)N[C@H](c1ccc(F)cc1F)C1CCCC1. The maximum atomic E-state index is 14.3. The molecule has 0 bridgehead atoms. The number of imide groups is 1. The minimum atomic E-state index is -0.986. The fourth-order valence-electron chi connectivity index (χ4n) is 3.35. The molecule has 2 atom stereocenters. The van der Waals surface area contributed by atoms with E-state index in [1.165, 1.54) is 13.0 Å². The number of carbonyl (C=O) groups is 3. The number of nitrogens with two attached hydrogens (primary N) is 1. The van der Waals surface area contributed by atoms with Gasteiger partial charge >= 0.3 is 6.03 Å². The van der Waals surface area contributed by atoms with Crippen molar-refractivity contribution in [3.05, 3.63) is 35.4 Å². The molecular weight excluding hydrogens is 344 g/mol. The van der Waals surface area contributed by atoms with Crippen LogP contribution in [0.3, 0.4) is 0 Å². The highest BCUT2D eigenvalue weighted by Gasteiger charge is 2.31. The Kier molecular flexibility index (Phi) is 6.65. The molecule has 8 heteroatoms. The molecule has 2 rings (SSSR count). The van der Waals surface area contributed by atoms with E-state index < -0.39 is 41.4 Å². The fourth-order valence-corrected chi connectivity index (χ4v) is 3.35. The first-order valence-corrected chi connectivity index (χ1v) is 8.62. The van der Waals surface area contributed by atoms with E-state index in [2.05, 4.69) is 5.32 Å². The van der Waals surface area contributed by atoms with Crippen LogP contribution in [0.5, 0.6) is 0 Å². The van der Waals surface area contributed by atoms with Crippen molar-refractivity contribution in [2.24, 2.45) is 17.6 Å². The molecule has 1 saturated carbocycles. The van der Waals surface area contributed by atoms with Gasteiger partial charge in [-0.25, -0.2) is 13.6 Å². The van der Waals surface area contributed by atoms with Crippen molar-refractivity contribution in [3.63, 3.8) is 0 Å². The summed E-state index contributed by atoms with van der Waals surface area (Å²) in [6.07, 6.45) is 3.40. The molecule has 4 amide bonds.